The molecule has 0 spiro atoms. The third-order valence-corrected chi connectivity index (χ3v) is 3.66. The van der Waals surface area contributed by atoms with Crippen molar-refractivity contribution in [3.05, 3.63) is 28.8 Å². The van der Waals surface area contributed by atoms with E-state index in [1.807, 2.05) is 47.6 Å². The van der Waals surface area contributed by atoms with Crippen LogP contribution in [0.4, 0.5) is 13.2 Å². The summed E-state index contributed by atoms with van der Waals surface area (Å²) in [5.74, 6) is -0.128. The van der Waals surface area contributed by atoms with Crippen LogP contribution in [0.1, 0.15) is 70.7 Å². The van der Waals surface area contributed by atoms with E-state index in [-0.39, 0.29) is 29.1 Å². The molecule has 0 aliphatic rings. The van der Waals surface area contributed by atoms with Crippen molar-refractivity contribution in [2.45, 2.75) is 71.0 Å². The first kappa shape index (κ1) is 22.1. The molecule has 0 aromatic heterocycles. The average molecular weight is 354 g/mol. The second-order valence-corrected chi connectivity index (χ2v) is 7.89. The molecule has 0 aliphatic heterocycles. The Labute approximate surface area is 142 Å². The fraction of sp³-hybridized carbons (Fsp3) is 0.647. The van der Waals surface area contributed by atoms with Gasteiger partial charge in [-0.05, 0) is 28.0 Å². The monoisotopic (exact) mass is 353 g/mol. The Balaban J connectivity index is 0.00000484. The lowest BCUT2D eigenvalue weighted by atomic mass is 9.78. The van der Waals surface area contributed by atoms with Crippen molar-refractivity contribution in [1.82, 2.24) is 0 Å². The quantitative estimate of drug-likeness (QED) is 0.751. The number of halogens is 4. The molecule has 0 fully saturated rings. The lowest BCUT2D eigenvalue weighted by Gasteiger charge is -2.29. The van der Waals surface area contributed by atoms with E-state index in [9.17, 15) is 18.3 Å². The maximum absolute atomic E-state index is 12.6. The van der Waals surface area contributed by atoms with Crippen molar-refractivity contribution in [3.8, 4) is 5.75 Å². The number of hydrogen-bond donors (Lipinski definition) is 2. The van der Waals surface area contributed by atoms with Crippen molar-refractivity contribution >= 4 is 12.4 Å². The summed E-state index contributed by atoms with van der Waals surface area (Å²) < 4.78 is 37.9. The molecule has 0 saturated heterocycles. The Morgan fingerprint density at radius 2 is 1.48 bits per heavy atom. The van der Waals surface area contributed by atoms with Gasteiger partial charge in [0.1, 0.15) is 5.75 Å². The summed E-state index contributed by atoms with van der Waals surface area (Å²) in [6.45, 7) is 11.7. The van der Waals surface area contributed by atoms with Gasteiger partial charge >= 0.3 is 6.18 Å². The van der Waals surface area contributed by atoms with E-state index in [2.05, 4.69) is 0 Å². The first-order chi connectivity index (χ1) is 9.63. The minimum absolute atomic E-state index is 0. The Morgan fingerprint density at radius 1 is 1.00 bits per heavy atom. The van der Waals surface area contributed by atoms with Gasteiger partial charge in [0, 0.05) is 11.6 Å². The minimum Gasteiger partial charge on any atom is -0.507 e. The summed E-state index contributed by atoms with van der Waals surface area (Å²) in [5, 5.41) is 10.4. The van der Waals surface area contributed by atoms with Crippen LogP contribution in [0.15, 0.2) is 12.1 Å². The van der Waals surface area contributed by atoms with Gasteiger partial charge in [0.25, 0.3) is 0 Å². The molecule has 1 aromatic carbocycles. The van der Waals surface area contributed by atoms with Crippen LogP contribution in [0.3, 0.4) is 0 Å². The molecule has 134 valence electrons. The van der Waals surface area contributed by atoms with Gasteiger partial charge in [0.15, 0.2) is 0 Å². The number of phenolic OH excluding ortho intramolecular Hbond substituents is 1. The molecule has 6 heteroatoms. The summed E-state index contributed by atoms with van der Waals surface area (Å²) >= 11 is 0. The smallest absolute Gasteiger partial charge is 0.390 e. The Kier molecular flexibility index (Phi) is 6.61. The van der Waals surface area contributed by atoms with Crippen molar-refractivity contribution in [3.63, 3.8) is 0 Å². The summed E-state index contributed by atoms with van der Waals surface area (Å²) in [5.41, 5.74) is 6.73. The molecule has 0 amide bonds. The zero-order chi connectivity index (χ0) is 17.5. The van der Waals surface area contributed by atoms with E-state index in [1.54, 1.807) is 6.07 Å². The molecule has 0 unspecified atom stereocenters. The molecule has 0 bridgehead atoms. The molecular weight excluding hydrogens is 327 g/mol. The first-order valence-corrected chi connectivity index (χ1v) is 7.33. The van der Waals surface area contributed by atoms with Gasteiger partial charge in [0.2, 0.25) is 0 Å². The number of rotatable bonds is 2. The molecule has 0 aliphatic carbocycles. The third-order valence-electron chi connectivity index (χ3n) is 3.66. The Morgan fingerprint density at radius 3 is 1.83 bits per heavy atom. The second kappa shape index (κ2) is 6.89. The van der Waals surface area contributed by atoms with Crippen LogP contribution in [-0.2, 0) is 10.8 Å². The number of phenols is 1. The molecule has 1 rings (SSSR count). The van der Waals surface area contributed by atoms with Crippen molar-refractivity contribution in [2.24, 2.45) is 5.73 Å². The highest BCUT2D eigenvalue weighted by Gasteiger charge is 2.34. The predicted octanol–water partition coefficient (Wildman–Crippen LogP) is 5.36. The average Bonchev–Trinajstić information content (AvgIpc) is 2.23. The standard InChI is InChI=1S/C17H26F3NO.ClH/c1-15(2,3)10-7-11(13(21)9-17(18,19)20)14(22)12(8-10)16(4,5)6;/h7-8,13,22H,9,21H2,1-6H3;1H/t13-;/m1./s1. The predicted molar refractivity (Wildman–Crippen MR) is 90.4 cm³/mol. The lowest BCUT2D eigenvalue weighted by Crippen LogP contribution is -2.23. The SMILES string of the molecule is CC(C)(C)c1cc([C@H](N)CC(F)(F)F)c(O)c(C(C)(C)C)c1.Cl. The number of nitrogens with two attached hydrogens (primary N) is 1. The Bertz CT molecular complexity index is 542. The van der Waals surface area contributed by atoms with E-state index in [0.717, 1.165) is 5.56 Å². The number of hydrogen-bond acceptors (Lipinski definition) is 2. The van der Waals surface area contributed by atoms with Crippen LogP contribution < -0.4 is 5.73 Å². The molecule has 2 nitrogen and oxygen atoms in total. The normalized spacial score (nSPS) is 14.3. The van der Waals surface area contributed by atoms with Gasteiger partial charge in [-0.1, -0.05) is 47.6 Å². The van der Waals surface area contributed by atoms with Gasteiger partial charge in [-0.15, -0.1) is 12.4 Å². The topological polar surface area (TPSA) is 46.2 Å². The van der Waals surface area contributed by atoms with Crippen molar-refractivity contribution < 1.29 is 18.3 Å². The third kappa shape index (κ3) is 5.88. The van der Waals surface area contributed by atoms with E-state index in [1.165, 1.54) is 0 Å². The summed E-state index contributed by atoms with van der Waals surface area (Å²) in [6, 6.07) is 2.18. The molecule has 23 heavy (non-hydrogen) atoms. The highest BCUT2D eigenvalue weighted by molar-refractivity contribution is 5.85. The molecular formula is C17H27ClF3NO. The molecule has 1 aromatic rings. The van der Waals surface area contributed by atoms with Crippen LogP contribution in [0, 0.1) is 0 Å². The highest BCUT2D eigenvalue weighted by Crippen LogP contribution is 2.41. The second-order valence-electron chi connectivity index (χ2n) is 7.89. The van der Waals surface area contributed by atoms with Crippen molar-refractivity contribution in [2.75, 3.05) is 0 Å². The van der Waals surface area contributed by atoms with Crippen LogP contribution in [0.2, 0.25) is 0 Å². The van der Waals surface area contributed by atoms with E-state index in [4.69, 9.17) is 5.73 Å². The highest BCUT2D eigenvalue weighted by atomic mass is 35.5. The zero-order valence-electron chi connectivity index (χ0n) is 14.5. The molecule has 1 atom stereocenters. The first-order valence-electron chi connectivity index (χ1n) is 7.33. The number of aromatic hydroxyl groups is 1. The zero-order valence-corrected chi connectivity index (χ0v) is 15.3. The molecule has 3 N–H and O–H groups in total. The van der Waals surface area contributed by atoms with Gasteiger partial charge in [-0.3, -0.25) is 0 Å². The van der Waals surface area contributed by atoms with Crippen LogP contribution >= 0.6 is 12.4 Å². The fourth-order valence-corrected chi connectivity index (χ4v) is 2.30. The maximum Gasteiger partial charge on any atom is 0.390 e. The largest absolute Gasteiger partial charge is 0.507 e. The van der Waals surface area contributed by atoms with Gasteiger partial charge in [-0.25, -0.2) is 0 Å². The van der Waals surface area contributed by atoms with E-state index < -0.39 is 24.1 Å². The fourth-order valence-electron chi connectivity index (χ4n) is 2.30. The Hall–Kier alpha value is -0.940. The van der Waals surface area contributed by atoms with E-state index in [0.29, 0.717) is 5.56 Å². The van der Waals surface area contributed by atoms with E-state index >= 15 is 0 Å². The summed E-state index contributed by atoms with van der Waals surface area (Å²) in [4.78, 5) is 0. The van der Waals surface area contributed by atoms with Gasteiger partial charge in [-0.2, -0.15) is 13.2 Å². The summed E-state index contributed by atoms with van der Waals surface area (Å²) in [6.07, 6.45) is -5.52. The molecule has 0 saturated carbocycles. The van der Waals surface area contributed by atoms with Crippen LogP contribution in [-0.4, -0.2) is 11.3 Å². The van der Waals surface area contributed by atoms with Crippen LogP contribution in [0.5, 0.6) is 5.75 Å². The van der Waals surface area contributed by atoms with Crippen LogP contribution in [0.25, 0.3) is 0 Å². The van der Waals surface area contributed by atoms with Gasteiger partial charge < -0.3 is 10.8 Å². The number of alkyl halides is 3. The lowest BCUT2D eigenvalue weighted by molar-refractivity contribution is -0.138. The number of benzene rings is 1. The summed E-state index contributed by atoms with van der Waals surface area (Å²) in [7, 11) is 0. The van der Waals surface area contributed by atoms with Gasteiger partial charge in [0.05, 0.1) is 6.42 Å². The maximum atomic E-state index is 12.6. The molecule has 0 heterocycles. The van der Waals surface area contributed by atoms with Crippen molar-refractivity contribution in [1.29, 1.82) is 0 Å². The minimum atomic E-state index is -4.37. The molecule has 0 radical (unpaired) electrons.